The molecule has 0 saturated heterocycles. The molecule has 0 spiro atoms. The highest BCUT2D eigenvalue weighted by molar-refractivity contribution is 9.10. The standard InChI is InChI=1S/C15H12BrNO3/c1-8-6-9-4-2-3-5-10(9)13-12(16)14(18)11(15(19)20)7-17(8)13/h2-5,7-8H,6H2,1H3,(H,19,20). The molecule has 1 N–H and O–H groups in total. The smallest absolute Gasteiger partial charge is 0.341 e. The highest BCUT2D eigenvalue weighted by Gasteiger charge is 2.26. The van der Waals surface area contributed by atoms with E-state index < -0.39 is 11.4 Å². The van der Waals surface area contributed by atoms with Crippen LogP contribution in [0.5, 0.6) is 0 Å². The molecule has 20 heavy (non-hydrogen) atoms. The number of halogens is 1. The highest BCUT2D eigenvalue weighted by atomic mass is 79.9. The lowest BCUT2D eigenvalue weighted by molar-refractivity contribution is 0.0694. The third-order valence-corrected chi connectivity index (χ3v) is 4.41. The number of aromatic nitrogens is 1. The summed E-state index contributed by atoms with van der Waals surface area (Å²) in [5.74, 6) is -1.20. The fourth-order valence-corrected chi connectivity index (χ4v) is 3.34. The molecule has 1 aliphatic rings. The van der Waals surface area contributed by atoms with Crippen LogP contribution in [0, 0.1) is 0 Å². The molecule has 0 amide bonds. The predicted octanol–water partition coefficient (Wildman–Crippen LogP) is 3.09. The van der Waals surface area contributed by atoms with Gasteiger partial charge in [0, 0.05) is 17.8 Å². The van der Waals surface area contributed by atoms with Crippen molar-refractivity contribution in [3.63, 3.8) is 0 Å². The van der Waals surface area contributed by atoms with Crippen LogP contribution in [0.15, 0.2) is 39.7 Å². The Kier molecular flexibility index (Phi) is 3.01. The van der Waals surface area contributed by atoms with Crippen molar-refractivity contribution in [2.75, 3.05) is 0 Å². The number of hydrogen-bond acceptors (Lipinski definition) is 2. The maximum Gasteiger partial charge on any atom is 0.341 e. The van der Waals surface area contributed by atoms with Crippen LogP contribution in [0.25, 0.3) is 11.3 Å². The zero-order valence-corrected chi connectivity index (χ0v) is 12.3. The van der Waals surface area contributed by atoms with Gasteiger partial charge in [0.2, 0.25) is 5.43 Å². The van der Waals surface area contributed by atoms with Crippen molar-refractivity contribution < 1.29 is 9.90 Å². The first kappa shape index (κ1) is 13.1. The Labute approximate surface area is 123 Å². The van der Waals surface area contributed by atoms with E-state index in [0.29, 0.717) is 4.47 Å². The molecule has 1 unspecified atom stereocenters. The van der Waals surface area contributed by atoms with Gasteiger partial charge in [0.15, 0.2) is 0 Å². The van der Waals surface area contributed by atoms with Gasteiger partial charge in [0.05, 0.1) is 10.2 Å². The van der Waals surface area contributed by atoms with Crippen LogP contribution in [0.1, 0.15) is 28.9 Å². The van der Waals surface area contributed by atoms with E-state index in [2.05, 4.69) is 15.9 Å². The predicted molar refractivity (Wildman–Crippen MR) is 79.2 cm³/mol. The molecule has 5 heteroatoms. The maximum absolute atomic E-state index is 12.2. The summed E-state index contributed by atoms with van der Waals surface area (Å²) in [5, 5.41) is 9.14. The number of carbonyl (C=O) groups is 1. The van der Waals surface area contributed by atoms with Gasteiger partial charge in [-0.05, 0) is 34.8 Å². The average Bonchev–Trinajstić information content (AvgIpc) is 2.42. The molecule has 0 bridgehead atoms. The number of nitrogens with zero attached hydrogens (tertiary/aromatic N) is 1. The van der Waals surface area contributed by atoms with Gasteiger partial charge in [-0.3, -0.25) is 4.79 Å². The van der Waals surface area contributed by atoms with E-state index in [1.54, 1.807) is 0 Å². The summed E-state index contributed by atoms with van der Waals surface area (Å²) in [6.07, 6.45) is 2.27. The maximum atomic E-state index is 12.2. The molecule has 4 nitrogen and oxygen atoms in total. The van der Waals surface area contributed by atoms with Crippen LogP contribution < -0.4 is 5.43 Å². The summed E-state index contributed by atoms with van der Waals surface area (Å²) in [4.78, 5) is 23.3. The van der Waals surface area contributed by atoms with E-state index in [1.807, 2.05) is 35.8 Å². The van der Waals surface area contributed by atoms with E-state index >= 15 is 0 Å². The second kappa shape index (κ2) is 4.59. The summed E-state index contributed by atoms with van der Waals surface area (Å²) < 4.78 is 2.19. The molecule has 1 atom stereocenters. The Morgan fingerprint density at radius 3 is 2.80 bits per heavy atom. The second-order valence-corrected chi connectivity index (χ2v) is 5.75. The molecule has 3 rings (SSSR count). The minimum atomic E-state index is -1.20. The van der Waals surface area contributed by atoms with Crippen LogP contribution >= 0.6 is 15.9 Å². The molecule has 0 fully saturated rings. The van der Waals surface area contributed by atoms with Crippen molar-refractivity contribution in [2.45, 2.75) is 19.4 Å². The Morgan fingerprint density at radius 1 is 1.40 bits per heavy atom. The summed E-state index contributed by atoms with van der Waals surface area (Å²) in [5.41, 5.74) is 2.23. The number of rotatable bonds is 1. The van der Waals surface area contributed by atoms with Crippen LogP contribution in [-0.2, 0) is 6.42 Å². The van der Waals surface area contributed by atoms with Crippen molar-refractivity contribution in [3.8, 4) is 11.3 Å². The first-order chi connectivity index (χ1) is 9.50. The van der Waals surface area contributed by atoms with E-state index in [9.17, 15) is 9.59 Å². The summed E-state index contributed by atoms with van der Waals surface area (Å²) in [6.45, 7) is 2.02. The largest absolute Gasteiger partial charge is 0.477 e. The fourth-order valence-electron chi connectivity index (χ4n) is 2.70. The quantitative estimate of drug-likeness (QED) is 0.872. The molecule has 0 aliphatic carbocycles. The van der Waals surface area contributed by atoms with Crippen LogP contribution in [0.3, 0.4) is 0 Å². The zero-order valence-electron chi connectivity index (χ0n) is 10.8. The monoisotopic (exact) mass is 333 g/mol. The number of carboxylic acids is 1. The van der Waals surface area contributed by atoms with Crippen molar-refractivity contribution in [2.24, 2.45) is 0 Å². The first-order valence-corrected chi connectivity index (χ1v) is 7.06. The third kappa shape index (κ3) is 1.81. The normalized spacial score (nSPS) is 16.4. The van der Waals surface area contributed by atoms with Crippen LogP contribution in [-0.4, -0.2) is 15.6 Å². The summed E-state index contributed by atoms with van der Waals surface area (Å²) in [6, 6.07) is 7.99. The first-order valence-electron chi connectivity index (χ1n) is 6.27. The van der Waals surface area contributed by atoms with Gasteiger partial charge >= 0.3 is 5.97 Å². The van der Waals surface area contributed by atoms with Gasteiger partial charge in [-0.1, -0.05) is 24.3 Å². The highest BCUT2D eigenvalue weighted by Crippen LogP contribution is 2.37. The Hall–Kier alpha value is -1.88. The van der Waals surface area contributed by atoms with Gasteiger partial charge in [-0.25, -0.2) is 4.79 Å². The summed E-state index contributed by atoms with van der Waals surface area (Å²) in [7, 11) is 0. The summed E-state index contributed by atoms with van der Waals surface area (Å²) >= 11 is 3.29. The Balaban J connectivity index is 2.40. The fraction of sp³-hybridized carbons (Fsp3) is 0.200. The lowest BCUT2D eigenvalue weighted by Gasteiger charge is -2.29. The van der Waals surface area contributed by atoms with E-state index in [-0.39, 0.29) is 11.6 Å². The van der Waals surface area contributed by atoms with Crippen molar-refractivity contribution in [3.05, 3.63) is 56.3 Å². The molecule has 0 radical (unpaired) electrons. The molecule has 1 aromatic heterocycles. The lowest BCUT2D eigenvalue weighted by atomic mass is 9.93. The van der Waals surface area contributed by atoms with Crippen LogP contribution in [0.4, 0.5) is 0 Å². The van der Waals surface area contributed by atoms with Gasteiger partial charge < -0.3 is 9.67 Å². The minimum Gasteiger partial charge on any atom is -0.477 e. The molecular weight excluding hydrogens is 322 g/mol. The molecule has 2 heterocycles. The van der Waals surface area contributed by atoms with Gasteiger partial charge in [-0.2, -0.15) is 0 Å². The Bertz CT molecular complexity index is 779. The number of hydrogen-bond donors (Lipinski definition) is 1. The van der Waals surface area contributed by atoms with Gasteiger partial charge in [0.25, 0.3) is 0 Å². The molecule has 1 aromatic carbocycles. The molecule has 0 saturated carbocycles. The number of aromatic carboxylic acids is 1. The Morgan fingerprint density at radius 2 is 2.10 bits per heavy atom. The number of fused-ring (bicyclic) bond motifs is 3. The lowest BCUT2D eigenvalue weighted by Crippen LogP contribution is -2.25. The van der Waals surface area contributed by atoms with Crippen molar-refractivity contribution >= 4 is 21.9 Å². The van der Waals surface area contributed by atoms with E-state index in [1.165, 1.54) is 11.8 Å². The molecule has 1 aliphatic heterocycles. The van der Waals surface area contributed by atoms with E-state index in [0.717, 1.165) is 17.7 Å². The topological polar surface area (TPSA) is 59.3 Å². The van der Waals surface area contributed by atoms with Crippen molar-refractivity contribution in [1.82, 2.24) is 4.57 Å². The SMILES string of the molecule is CC1Cc2ccccc2-c2c(Br)c(=O)c(C(=O)O)cn21. The van der Waals surface area contributed by atoms with Gasteiger partial charge in [0.1, 0.15) is 5.56 Å². The zero-order chi connectivity index (χ0) is 14.4. The van der Waals surface area contributed by atoms with Crippen LogP contribution in [0.2, 0.25) is 0 Å². The average molecular weight is 334 g/mol. The minimum absolute atomic E-state index is 0.106. The van der Waals surface area contributed by atoms with Crippen molar-refractivity contribution in [1.29, 1.82) is 0 Å². The second-order valence-electron chi connectivity index (χ2n) is 4.96. The molecule has 102 valence electrons. The molecular formula is C15H12BrNO3. The molecule has 2 aromatic rings. The number of carboxylic acid groups (broad SMARTS) is 1. The number of pyridine rings is 1. The number of benzene rings is 1. The van der Waals surface area contributed by atoms with Gasteiger partial charge in [-0.15, -0.1) is 0 Å². The van der Waals surface area contributed by atoms with E-state index in [4.69, 9.17) is 5.11 Å². The third-order valence-electron chi connectivity index (χ3n) is 3.67.